The molecular formula is C19H22ClN5O5. The number of rotatable bonds is 3. The molecule has 3 rings (SSSR count). The number of anilines is 1. The standard InChI is InChI=1S/C19H22ClN5O5/c1-19(2,3)30-18(27)24-8-7-14-12(10-24)16(22-23(14)4)17(26)21-11-5-6-13(20)15(9-11)25(28)29/h5-6,9H,7-8,10H2,1-4H3,(H,21,26). The average molecular weight is 436 g/mol. The van der Waals surface area contributed by atoms with Crippen LogP contribution >= 0.6 is 11.6 Å². The van der Waals surface area contributed by atoms with Crippen molar-refractivity contribution in [3.63, 3.8) is 0 Å². The lowest BCUT2D eigenvalue weighted by Gasteiger charge is -2.30. The Morgan fingerprint density at radius 3 is 2.67 bits per heavy atom. The van der Waals surface area contributed by atoms with E-state index in [1.54, 1.807) is 32.5 Å². The Hall–Kier alpha value is -3.14. The van der Waals surface area contributed by atoms with Crippen LogP contribution in [0.3, 0.4) is 0 Å². The number of ether oxygens (including phenoxy) is 1. The number of nitro groups is 1. The van der Waals surface area contributed by atoms with Crippen molar-refractivity contribution in [3.05, 3.63) is 50.3 Å². The number of amides is 2. The van der Waals surface area contributed by atoms with Gasteiger partial charge in [0.05, 0.1) is 11.5 Å². The number of aryl methyl sites for hydroxylation is 1. The molecule has 0 aliphatic carbocycles. The number of nitrogens with zero attached hydrogens (tertiary/aromatic N) is 4. The number of fused-ring (bicyclic) bond motifs is 1. The van der Waals surface area contributed by atoms with Crippen LogP contribution in [0.1, 0.15) is 42.5 Å². The molecule has 2 aromatic rings. The molecule has 1 N–H and O–H groups in total. The first-order valence-corrected chi connectivity index (χ1v) is 9.62. The van der Waals surface area contributed by atoms with E-state index < -0.39 is 22.5 Å². The molecule has 11 heteroatoms. The van der Waals surface area contributed by atoms with Crippen LogP contribution in [0.4, 0.5) is 16.2 Å². The Kier molecular flexibility index (Phi) is 5.71. The Bertz CT molecular complexity index is 1030. The molecular weight excluding hydrogens is 414 g/mol. The van der Waals surface area contributed by atoms with E-state index in [2.05, 4.69) is 10.4 Å². The monoisotopic (exact) mass is 435 g/mol. The van der Waals surface area contributed by atoms with Gasteiger partial charge < -0.3 is 15.0 Å². The highest BCUT2D eigenvalue weighted by Gasteiger charge is 2.31. The van der Waals surface area contributed by atoms with Gasteiger partial charge in [-0.2, -0.15) is 5.10 Å². The van der Waals surface area contributed by atoms with E-state index in [-0.39, 0.29) is 28.6 Å². The molecule has 0 spiro atoms. The Balaban J connectivity index is 1.83. The van der Waals surface area contributed by atoms with Crippen molar-refractivity contribution in [1.82, 2.24) is 14.7 Å². The number of aromatic nitrogens is 2. The molecule has 0 saturated carbocycles. The predicted octanol–water partition coefficient (Wildman–Crippen LogP) is 3.53. The lowest BCUT2D eigenvalue weighted by Crippen LogP contribution is -2.40. The summed E-state index contributed by atoms with van der Waals surface area (Å²) in [6.07, 6.45) is 0.0642. The van der Waals surface area contributed by atoms with E-state index in [4.69, 9.17) is 16.3 Å². The molecule has 2 amide bonds. The molecule has 0 radical (unpaired) electrons. The van der Waals surface area contributed by atoms with Crippen LogP contribution < -0.4 is 5.32 Å². The van der Waals surface area contributed by atoms with Gasteiger partial charge in [-0.15, -0.1) is 0 Å². The molecule has 30 heavy (non-hydrogen) atoms. The van der Waals surface area contributed by atoms with Crippen molar-refractivity contribution in [3.8, 4) is 0 Å². The molecule has 2 heterocycles. The van der Waals surface area contributed by atoms with Gasteiger partial charge in [0.2, 0.25) is 0 Å². The van der Waals surface area contributed by atoms with Crippen molar-refractivity contribution < 1.29 is 19.2 Å². The van der Waals surface area contributed by atoms with E-state index in [0.29, 0.717) is 18.5 Å². The second kappa shape index (κ2) is 7.94. The summed E-state index contributed by atoms with van der Waals surface area (Å²) in [7, 11) is 1.73. The highest BCUT2D eigenvalue weighted by molar-refractivity contribution is 6.32. The average Bonchev–Trinajstić information content (AvgIpc) is 2.98. The van der Waals surface area contributed by atoms with Gasteiger partial charge in [-0.25, -0.2) is 4.79 Å². The normalized spacial score (nSPS) is 13.6. The van der Waals surface area contributed by atoms with Crippen LogP contribution in [-0.4, -0.2) is 43.7 Å². The molecule has 0 fully saturated rings. The van der Waals surface area contributed by atoms with Gasteiger partial charge in [0.25, 0.3) is 11.6 Å². The number of nitro benzene ring substituents is 1. The van der Waals surface area contributed by atoms with Gasteiger partial charge in [-0.3, -0.25) is 19.6 Å². The minimum absolute atomic E-state index is 0.0267. The second-order valence-corrected chi connectivity index (χ2v) is 8.33. The topological polar surface area (TPSA) is 120 Å². The minimum atomic E-state index is -0.629. The van der Waals surface area contributed by atoms with Crippen molar-refractivity contribution in [2.75, 3.05) is 11.9 Å². The maximum absolute atomic E-state index is 12.8. The number of nitrogens with one attached hydrogen (secondary N) is 1. The highest BCUT2D eigenvalue weighted by atomic mass is 35.5. The zero-order valence-corrected chi connectivity index (χ0v) is 17.8. The fourth-order valence-corrected chi connectivity index (χ4v) is 3.36. The van der Waals surface area contributed by atoms with Crippen LogP contribution in [0.5, 0.6) is 0 Å². The largest absolute Gasteiger partial charge is 0.444 e. The van der Waals surface area contributed by atoms with Gasteiger partial charge in [0.1, 0.15) is 10.6 Å². The van der Waals surface area contributed by atoms with Crippen molar-refractivity contribution in [2.45, 2.75) is 39.3 Å². The van der Waals surface area contributed by atoms with Crippen LogP contribution in [-0.2, 0) is 24.8 Å². The van der Waals surface area contributed by atoms with Gasteiger partial charge in [-0.1, -0.05) is 11.6 Å². The minimum Gasteiger partial charge on any atom is -0.444 e. The van der Waals surface area contributed by atoms with E-state index in [9.17, 15) is 19.7 Å². The summed E-state index contributed by atoms with van der Waals surface area (Å²) in [4.78, 5) is 37.2. The molecule has 1 aliphatic heterocycles. The summed E-state index contributed by atoms with van der Waals surface area (Å²) in [6, 6.07) is 3.99. The maximum Gasteiger partial charge on any atom is 0.410 e. The molecule has 0 bridgehead atoms. The lowest BCUT2D eigenvalue weighted by atomic mass is 10.0. The quantitative estimate of drug-likeness (QED) is 0.581. The third-order valence-electron chi connectivity index (χ3n) is 4.51. The molecule has 0 saturated heterocycles. The van der Waals surface area contributed by atoms with Crippen LogP contribution in [0.15, 0.2) is 18.2 Å². The van der Waals surface area contributed by atoms with Gasteiger partial charge in [0, 0.05) is 43.0 Å². The van der Waals surface area contributed by atoms with Crippen LogP contribution in [0.2, 0.25) is 5.02 Å². The smallest absolute Gasteiger partial charge is 0.410 e. The third-order valence-corrected chi connectivity index (χ3v) is 4.83. The Labute approximate surface area is 177 Å². The number of carbonyl (C=O) groups is 2. The van der Waals surface area contributed by atoms with Gasteiger partial charge in [-0.05, 0) is 32.9 Å². The summed E-state index contributed by atoms with van der Waals surface area (Å²) in [5.74, 6) is -0.533. The molecule has 1 aromatic heterocycles. The molecule has 0 atom stereocenters. The van der Waals surface area contributed by atoms with E-state index >= 15 is 0 Å². The predicted molar refractivity (Wildman–Crippen MR) is 110 cm³/mol. The maximum atomic E-state index is 12.8. The molecule has 160 valence electrons. The summed E-state index contributed by atoms with van der Waals surface area (Å²) in [5, 5.41) is 18.0. The number of hydrogen-bond acceptors (Lipinski definition) is 6. The molecule has 0 unspecified atom stereocenters. The number of benzene rings is 1. The zero-order chi connectivity index (χ0) is 22.2. The van der Waals surface area contributed by atoms with Crippen molar-refractivity contribution in [2.24, 2.45) is 7.05 Å². The van der Waals surface area contributed by atoms with Crippen molar-refractivity contribution >= 4 is 35.0 Å². The first kappa shape index (κ1) is 21.6. The van der Waals surface area contributed by atoms with Gasteiger partial charge in [0.15, 0.2) is 5.69 Å². The first-order chi connectivity index (χ1) is 14.0. The third kappa shape index (κ3) is 4.54. The lowest BCUT2D eigenvalue weighted by molar-refractivity contribution is -0.384. The van der Waals surface area contributed by atoms with E-state index in [1.165, 1.54) is 23.1 Å². The summed E-state index contributed by atoms with van der Waals surface area (Å²) < 4.78 is 7.04. The summed E-state index contributed by atoms with van der Waals surface area (Å²) >= 11 is 5.82. The van der Waals surface area contributed by atoms with Crippen molar-refractivity contribution in [1.29, 1.82) is 0 Å². The fraction of sp³-hybridized carbons (Fsp3) is 0.421. The fourth-order valence-electron chi connectivity index (χ4n) is 3.18. The Morgan fingerprint density at radius 2 is 2.03 bits per heavy atom. The number of halogens is 1. The Morgan fingerprint density at radius 1 is 1.33 bits per heavy atom. The highest BCUT2D eigenvalue weighted by Crippen LogP contribution is 2.29. The zero-order valence-electron chi connectivity index (χ0n) is 17.1. The van der Waals surface area contributed by atoms with Gasteiger partial charge >= 0.3 is 6.09 Å². The van der Waals surface area contributed by atoms with E-state index in [0.717, 1.165) is 5.69 Å². The summed E-state index contributed by atoms with van der Waals surface area (Å²) in [5.41, 5.74) is 0.899. The number of carbonyl (C=O) groups excluding carboxylic acids is 2. The first-order valence-electron chi connectivity index (χ1n) is 9.24. The summed E-state index contributed by atoms with van der Waals surface area (Å²) in [6.45, 7) is 5.99. The molecule has 10 nitrogen and oxygen atoms in total. The SMILES string of the molecule is Cn1nc(C(=O)Nc2ccc(Cl)c([N+](=O)[O-])c2)c2c1CCN(C(=O)OC(C)(C)C)C2. The van der Waals surface area contributed by atoms with Crippen LogP contribution in [0.25, 0.3) is 0 Å². The molecule has 1 aliphatic rings. The molecule has 1 aromatic carbocycles. The second-order valence-electron chi connectivity index (χ2n) is 7.93. The van der Waals surface area contributed by atoms with Crippen LogP contribution in [0, 0.1) is 10.1 Å². The number of hydrogen-bond donors (Lipinski definition) is 1. The van der Waals surface area contributed by atoms with E-state index in [1.807, 2.05) is 0 Å².